The third-order valence-electron chi connectivity index (χ3n) is 20.3. The molecule has 0 fully saturated rings. The Labute approximate surface area is 804 Å². The number of nitrogens with zero attached hydrogens (tertiary/aromatic N) is 3. The second-order valence-corrected chi connectivity index (χ2v) is 33.6. The van der Waals surface area contributed by atoms with Crippen molar-refractivity contribution >= 4 is 64.8 Å². The smallest absolute Gasteiger partial charge is 0.407 e. The first-order chi connectivity index (χ1) is 64.7. The van der Waals surface area contributed by atoms with Gasteiger partial charge in [0.2, 0.25) is 23.6 Å². The number of hydrogen-bond acceptors (Lipinski definition) is 47. The molecule has 0 bridgehead atoms. The van der Waals surface area contributed by atoms with Crippen molar-refractivity contribution in [2.75, 3.05) is 237 Å². The molecule has 804 valence electrons. The van der Waals surface area contributed by atoms with E-state index < -0.39 is 293 Å². The average Bonchev–Trinajstić information content (AvgIpc) is 0.878. The Balaban J connectivity index is 5.64. The van der Waals surface area contributed by atoms with E-state index in [9.17, 15) is 146 Å². The molecule has 0 radical (unpaired) electrons. The predicted molar refractivity (Wildman–Crippen MR) is 482 cm³/mol. The molecule has 35 N–H and O–H groups in total. The van der Waals surface area contributed by atoms with Crippen molar-refractivity contribution < 1.29 is 214 Å². The van der Waals surface area contributed by atoms with Gasteiger partial charge in [0.1, 0.15) is 92.9 Å². The van der Waals surface area contributed by atoms with Crippen molar-refractivity contribution in [2.24, 2.45) is 5.92 Å². The van der Waals surface area contributed by atoms with E-state index in [0.717, 1.165) is 25.7 Å². The van der Waals surface area contributed by atoms with Gasteiger partial charge in [-0.1, -0.05) is 19.8 Å². The maximum Gasteiger partial charge on any atom is 0.407 e. The van der Waals surface area contributed by atoms with E-state index in [1.807, 2.05) is 0 Å². The standard InChI is InChI=1S/C81H160IN11O43/c1-51(69(115)34-98)73(119)66(112)30-93(31-67(113)74(120)65(111)12-23-95)28-56(104)38-130-41-59(107)44-133-47-62(110)50-136-81(127)88-18-15-85-77(123)63(24-71(117)83-13-16-86-79(125)134-48-60(108)45-131-42-57(105)39-128-36-54(102)26-91(19-6-2-3-9-22-94)20-7-4-10-52(100)32-96)89-78(124)64(90-82)25-72(118)84-14-17-87-80(126)135-49-61(109)46-132-43-58(106)40-129-37-55(103)27-92(21-8-5-11-53(101)33-97)29-68(114)75(121)76(122)70(116)35-99/h51-70,73-76,90,94-116,119-122H,2-50H2,1H3,(H,83,117)(H,84,118)(H,85,123)(H,86,125)(H,87,126)(H,88,127)(H,89,124)/t51-,52+,53+,54?,55?,56?,57?,58?,59?,60?,61?,62?,63+,64-,65-,66+,67+,68+,69-,70-,73+,74+,75-,76-/m1/s1. The second-order valence-electron chi connectivity index (χ2n) is 33.0. The minimum atomic E-state index is -1.90. The lowest BCUT2D eigenvalue weighted by atomic mass is 9.94. The third kappa shape index (κ3) is 67.4. The van der Waals surface area contributed by atoms with E-state index >= 15 is 0 Å². The van der Waals surface area contributed by atoms with E-state index in [4.69, 9.17) is 68.2 Å². The largest absolute Gasteiger partial charge is 0.447 e. The quantitative estimate of drug-likeness (QED) is 0.0116. The second kappa shape index (κ2) is 81.4. The highest BCUT2D eigenvalue weighted by atomic mass is 127. The Morgan fingerprint density at radius 1 is 0.279 bits per heavy atom. The van der Waals surface area contributed by atoms with Crippen LogP contribution < -0.4 is 40.7 Å². The number of nitrogens with one attached hydrogen (secondary N) is 8. The summed E-state index contributed by atoms with van der Waals surface area (Å²) >= 11 is 1.56. The summed E-state index contributed by atoms with van der Waals surface area (Å²) in [6.45, 7) is -9.52. The van der Waals surface area contributed by atoms with Gasteiger partial charge in [0.25, 0.3) is 0 Å². The number of carbonyl (C=O) groups is 7. The molecule has 0 spiro atoms. The Morgan fingerprint density at radius 3 is 0.993 bits per heavy atom. The number of ether oxygens (including phenoxy) is 9. The molecule has 0 aliphatic heterocycles. The summed E-state index contributed by atoms with van der Waals surface area (Å²) in [6.07, 6.45) is -28.8. The predicted octanol–water partition coefficient (Wildman–Crippen LogP) is -15.4. The van der Waals surface area contributed by atoms with Gasteiger partial charge in [-0.3, -0.25) is 29.0 Å². The summed E-state index contributed by atoms with van der Waals surface area (Å²) in [4.78, 5) is 96.2. The molecule has 55 heteroatoms. The van der Waals surface area contributed by atoms with Crippen LogP contribution in [0.4, 0.5) is 14.4 Å². The third-order valence-corrected chi connectivity index (χ3v) is 21.0. The molecule has 9 unspecified atom stereocenters. The molecule has 0 saturated heterocycles. The summed E-state index contributed by atoms with van der Waals surface area (Å²) in [7, 11) is 0. The Bertz CT molecular complexity index is 3010. The van der Waals surface area contributed by atoms with Crippen LogP contribution in [0, 0.1) is 5.92 Å². The highest BCUT2D eigenvalue weighted by Gasteiger charge is 2.36. The molecule has 0 aromatic rings. The van der Waals surface area contributed by atoms with Crippen molar-refractivity contribution in [2.45, 2.75) is 231 Å². The number of carbonyl (C=O) groups excluding carboxylic acids is 7. The van der Waals surface area contributed by atoms with Crippen LogP contribution >= 0.6 is 22.9 Å². The van der Waals surface area contributed by atoms with Gasteiger partial charge in [0.05, 0.1) is 186 Å². The van der Waals surface area contributed by atoms with Crippen LogP contribution in [-0.2, 0) is 61.8 Å². The minimum Gasteiger partial charge on any atom is -0.447 e. The number of aliphatic hydroxyl groups excluding tert-OH is 27. The molecule has 0 aliphatic carbocycles. The first kappa shape index (κ1) is 131. The van der Waals surface area contributed by atoms with Crippen LogP contribution in [0.25, 0.3) is 0 Å². The van der Waals surface area contributed by atoms with Gasteiger partial charge in [-0.25, -0.2) is 17.9 Å². The van der Waals surface area contributed by atoms with E-state index in [1.165, 1.54) is 16.7 Å². The number of rotatable bonds is 89. The molecule has 7 amide bonds. The zero-order valence-electron chi connectivity index (χ0n) is 77.3. The summed E-state index contributed by atoms with van der Waals surface area (Å²) in [6, 6.07) is -3.08. The van der Waals surface area contributed by atoms with E-state index in [-0.39, 0.29) is 144 Å². The van der Waals surface area contributed by atoms with Gasteiger partial charge >= 0.3 is 18.3 Å². The monoisotopic (exact) mass is 2100 g/mol. The van der Waals surface area contributed by atoms with Gasteiger partial charge in [-0.2, -0.15) is 0 Å². The maximum atomic E-state index is 13.7. The van der Waals surface area contributed by atoms with Gasteiger partial charge in [-0.15, -0.1) is 0 Å². The van der Waals surface area contributed by atoms with Crippen molar-refractivity contribution in [1.82, 2.24) is 55.4 Å². The molecule has 0 heterocycles. The molecule has 136 heavy (non-hydrogen) atoms. The lowest BCUT2D eigenvalue weighted by Gasteiger charge is -2.34. The first-order valence-corrected chi connectivity index (χ1v) is 46.5. The molecule has 0 rings (SSSR count). The van der Waals surface area contributed by atoms with E-state index in [2.05, 4.69) is 45.6 Å². The highest BCUT2D eigenvalue weighted by Crippen LogP contribution is 2.18. The molecule has 24 atom stereocenters. The van der Waals surface area contributed by atoms with E-state index in [1.54, 1.807) is 22.9 Å². The van der Waals surface area contributed by atoms with Crippen LogP contribution in [0.1, 0.15) is 90.4 Å². The van der Waals surface area contributed by atoms with Gasteiger partial charge < -0.3 is 223 Å². The summed E-state index contributed by atoms with van der Waals surface area (Å²) < 4.78 is 49.7. The zero-order chi connectivity index (χ0) is 102. The van der Waals surface area contributed by atoms with Crippen LogP contribution in [0.3, 0.4) is 0 Å². The number of hydrogen-bond donors (Lipinski definition) is 35. The zero-order valence-corrected chi connectivity index (χ0v) is 79.5. The molecule has 0 aromatic heterocycles. The Kier molecular flexibility index (Phi) is 78.3. The highest BCUT2D eigenvalue weighted by molar-refractivity contribution is 14.1. The van der Waals surface area contributed by atoms with Crippen molar-refractivity contribution in [1.29, 1.82) is 0 Å². The molecular weight excluding hydrogens is 1940 g/mol. The van der Waals surface area contributed by atoms with Crippen LogP contribution in [0.5, 0.6) is 0 Å². The van der Waals surface area contributed by atoms with Gasteiger partial charge in [0.15, 0.2) is 0 Å². The fraction of sp³-hybridized carbons (Fsp3) is 0.914. The fourth-order valence-corrected chi connectivity index (χ4v) is 13.1. The topological polar surface area (TPSA) is 855 Å². The van der Waals surface area contributed by atoms with Crippen LogP contribution in [0.15, 0.2) is 0 Å². The van der Waals surface area contributed by atoms with Crippen molar-refractivity contribution in [3.63, 3.8) is 0 Å². The number of amides is 7. The number of unbranched alkanes of at least 4 members (excludes halogenated alkanes) is 5. The Morgan fingerprint density at radius 2 is 0.603 bits per heavy atom. The SMILES string of the molecule is C[C@@H]([C@H](O)[C@@H](O)CN(CC(O)COCC(O)COCC(O)COC(=O)NCCNC(=O)[C@H](CC(=O)NCCNC(=O)OCC(O)COCC(O)COCC(O)CN(CCCCCCO)CCCC[C@H](O)CO)NC(=O)[C@@H](CC(=O)NCCNC(=O)OCC(O)COCC(O)COCC(O)CN(CCCC[C@H](O)CO)C[C@H](O)[C@@H](O)[C@H](O)[C@H](O)CO)NI)C[C@H](O)[C@@H](O)[C@H](O)CCO)[C@H](O)CO. The molecule has 54 nitrogen and oxygen atoms in total. The molecular formula is C81H160IN11O43. The number of halogens is 1. The minimum absolute atomic E-state index is 0.102. The average molecular weight is 2100 g/mol. The van der Waals surface area contributed by atoms with Crippen LogP contribution in [0.2, 0.25) is 0 Å². The lowest BCUT2D eigenvalue weighted by molar-refractivity contribution is -0.133. The summed E-state index contributed by atoms with van der Waals surface area (Å²) in [5, 5.41) is 288. The molecule has 0 aliphatic rings. The molecule has 0 aromatic carbocycles. The van der Waals surface area contributed by atoms with E-state index in [0.29, 0.717) is 45.2 Å². The first-order valence-electron chi connectivity index (χ1n) is 45.5. The molecule has 0 saturated carbocycles. The maximum absolute atomic E-state index is 13.7. The van der Waals surface area contributed by atoms with Gasteiger partial charge in [0, 0.05) is 121 Å². The van der Waals surface area contributed by atoms with Crippen molar-refractivity contribution in [3.8, 4) is 0 Å². The number of alkyl carbamates (subject to hydrolysis) is 3. The van der Waals surface area contributed by atoms with Crippen LogP contribution in [-0.4, -0.2) is 572 Å². The lowest BCUT2D eigenvalue weighted by Crippen LogP contribution is -2.54. The van der Waals surface area contributed by atoms with Gasteiger partial charge in [-0.05, 0) is 77.4 Å². The number of aliphatic hydroxyl groups is 27. The Hall–Kier alpha value is -5.06. The van der Waals surface area contributed by atoms with Crippen molar-refractivity contribution in [3.05, 3.63) is 0 Å². The summed E-state index contributed by atoms with van der Waals surface area (Å²) in [5.74, 6) is -4.64. The summed E-state index contributed by atoms with van der Waals surface area (Å²) in [5.41, 5.74) is 0. The normalized spacial score (nSPS) is 17.3. The fourth-order valence-electron chi connectivity index (χ4n) is 12.6.